The number of benzene rings is 1. The molecule has 0 aromatic heterocycles. The number of amides is 1. The van der Waals surface area contributed by atoms with E-state index in [9.17, 15) is 18.0 Å². The van der Waals surface area contributed by atoms with Crippen molar-refractivity contribution in [2.24, 2.45) is 11.8 Å². The zero-order valence-electron chi connectivity index (χ0n) is 11.2. The van der Waals surface area contributed by atoms with E-state index in [1.165, 1.54) is 12.1 Å². The summed E-state index contributed by atoms with van der Waals surface area (Å²) in [6.07, 6.45) is 0.344. The van der Waals surface area contributed by atoms with Gasteiger partial charge in [-0.25, -0.2) is 13.1 Å². The largest absolute Gasteiger partial charge is 0.481 e. The monoisotopic (exact) mass is 312 g/mol. The van der Waals surface area contributed by atoms with Crippen molar-refractivity contribution in [2.75, 3.05) is 13.1 Å². The Morgan fingerprint density at radius 1 is 1.14 bits per heavy atom. The van der Waals surface area contributed by atoms with Crippen LogP contribution >= 0.6 is 0 Å². The third-order valence-electron chi connectivity index (χ3n) is 3.21. The van der Waals surface area contributed by atoms with Gasteiger partial charge in [-0.1, -0.05) is 18.2 Å². The minimum Gasteiger partial charge on any atom is -0.481 e. The van der Waals surface area contributed by atoms with Crippen LogP contribution in [0.3, 0.4) is 0 Å². The van der Waals surface area contributed by atoms with E-state index in [0.717, 1.165) is 0 Å². The molecule has 1 aliphatic rings. The number of sulfonamides is 1. The SMILES string of the molecule is O=C(O)C1CC1C(=O)NCCNS(=O)(=O)c1ccccc1. The molecule has 114 valence electrons. The number of carbonyl (C=O) groups excluding carboxylic acids is 1. The molecule has 0 saturated heterocycles. The van der Waals surface area contributed by atoms with E-state index in [1.807, 2.05) is 0 Å². The highest BCUT2D eigenvalue weighted by molar-refractivity contribution is 7.89. The summed E-state index contributed by atoms with van der Waals surface area (Å²) in [7, 11) is -3.58. The summed E-state index contributed by atoms with van der Waals surface area (Å²) in [4.78, 5) is 22.3. The first-order chi connectivity index (χ1) is 9.92. The van der Waals surface area contributed by atoms with E-state index < -0.39 is 27.8 Å². The lowest BCUT2D eigenvalue weighted by molar-refractivity contribution is -0.140. The van der Waals surface area contributed by atoms with Crippen molar-refractivity contribution in [1.82, 2.24) is 10.0 Å². The molecule has 0 heterocycles. The quantitative estimate of drug-likeness (QED) is 0.604. The molecule has 1 aromatic carbocycles. The number of carbonyl (C=O) groups is 2. The minimum atomic E-state index is -3.58. The third kappa shape index (κ3) is 4.02. The van der Waals surface area contributed by atoms with Crippen LogP contribution in [0.5, 0.6) is 0 Å². The Labute approximate surface area is 122 Å². The average molecular weight is 312 g/mol. The molecule has 1 aliphatic carbocycles. The van der Waals surface area contributed by atoms with Crippen molar-refractivity contribution in [3.63, 3.8) is 0 Å². The van der Waals surface area contributed by atoms with Gasteiger partial charge in [0.1, 0.15) is 0 Å². The number of rotatable bonds is 7. The maximum atomic E-state index is 11.9. The number of carboxylic acids is 1. The highest BCUT2D eigenvalue weighted by atomic mass is 32.2. The Bertz CT molecular complexity index is 629. The molecule has 0 bridgehead atoms. The summed E-state index contributed by atoms with van der Waals surface area (Å²) in [5, 5.41) is 11.2. The van der Waals surface area contributed by atoms with Gasteiger partial charge >= 0.3 is 5.97 Å². The molecule has 0 radical (unpaired) electrons. The van der Waals surface area contributed by atoms with Crippen LogP contribution in [0.2, 0.25) is 0 Å². The maximum Gasteiger partial charge on any atom is 0.307 e. The summed E-state index contributed by atoms with van der Waals surface area (Å²) < 4.78 is 26.1. The van der Waals surface area contributed by atoms with Crippen LogP contribution in [0, 0.1) is 11.8 Å². The normalized spacial score (nSPS) is 20.8. The molecule has 0 spiro atoms. The molecule has 2 rings (SSSR count). The second-order valence-electron chi connectivity index (χ2n) is 4.79. The zero-order valence-corrected chi connectivity index (χ0v) is 12.0. The zero-order chi connectivity index (χ0) is 15.5. The standard InChI is InChI=1S/C13H16N2O5S/c16-12(10-8-11(10)13(17)18)14-6-7-15-21(19,20)9-4-2-1-3-5-9/h1-5,10-11,15H,6-8H2,(H,14,16)(H,17,18). The molecule has 1 amide bonds. The summed E-state index contributed by atoms with van der Waals surface area (Å²) in [5.41, 5.74) is 0. The molecule has 0 aliphatic heterocycles. The van der Waals surface area contributed by atoms with Gasteiger partial charge in [0.2, 0.25) is 15.9 Å². The van der Waals surface area contributed by atoms with E-state index in [1.54, 1.807) is 18.2 Å². The van der Waals surface area contributed by atoms with Crippen molar-refractivity contribution in [1.29, 1.82) is 0 Å². The fourth-order valence-corrected chi connectivity index (χ4v) is 3.00. The first-order valence-electron chi connectivity index (χ1n) is 6.47. The van der Waals surface area contributed by atoms with Gasteiger partial charge in [-0.15, -0.1) is 0 Å². The molecule has 3 N–H and O–H groups in total. The number of carboxylic acid groups (broad SMARTS) is 1. The second kappa shape index (κ2) is 6.23. The molecule has 1 saturated carbocycles. The molecular formula is C13H16N2O5S. The van der Waals surface area contributed by atoms with Gasteiger partial charge in [0.05, 0.1) is 16.7 Å². The van der Waals surface area contributed by atoms with E-state index in [0.29, 0.717) is 6.42 Å². The predicted molar refractivity (Wildman–Crippen MR) is 73.9 cm³/mol. The van der Waals surface area contributed by atoms with Gasteiger partial charge in [-0.2, -0.15) is 0 Å². The molecule has 21 heavy (non-hydrogen) atoms. The number of nitrogens with one attached hydrogen (secondary N) is 2. The molecule has 2 atom stereocenters. The van der Waals surface area contributed by atoms with Gasteiger partial charge in [-0.3, -0.25) is 9.59 Å². The van der Waals surface area contributed by atoms with Crippen LogP contribution in [0.4, 0.5) is 0 Å². The smallest absolute Gasteiger partial charge is 0.307 e. The Hall–Kier alpha value is -1.93. The van der Waals surface area contributed by atoms with Crippen LogP contribution in [0.15, 0.2) is 35.2 Å². The lowest BCUT2D eigenvalue weighted by atomic mass is 10.3. The summed E-state index contributed by atoms with van der Waals surface area (Å²) in [5.74, 6) is -2.42. The summed E-state index contributed by atoms with van der Waals surface area (Å²) >= 11 is 0. The highest BCUT2D eigenvalue weighted by Crippen LogP contribution is 2.38. The Morgan fingerprint density at radius 3 is 2.38 bits per heavy atom. The molecule has 1 aromatic rings. The number of hydrogen-bond donors (Lipinski definition) is 3. The first-order valence-corrected chi connectivity index (χ1v) is 7.95. The number of hydrogen-bond acceptors (Lipinski definition) is 4. The van der Waals surface area contributed by atoms with Crippen LogP contribution in [0.25, 0.3) is 0 Å². The molecule has 8 heteroatoms. The van der Waals surface area contributed by atoms with Crippen LogP contribution < -0.4 is 10.0 Å². The van der Waals surface area contributed by atoms with E-state index in [4.69, 9.17) is 5.11 Å². The van der Waals surface area contributed by atoms with Crippen LogP contribution in [-0.4, -0.2) is 38.5 Å². The number of aliphatic carboxylic acids is 1. The highest BCUT2D eigenvalue weighted by Gasteiger charge is 2.48. The fourth-order valence-electron chi connectivity index (χ4n) is 1.94. The van der Waals surface area contributed by atoms with E-state index in [-0.39, 0.29) is 23.9 Å². The Morgan fingerprint density at radius 2 is 1.81 bits per heavy atom. The Kier molecular flexibility index (Phi) is 4.59. The minimum absolute atomic E-state index is 0.0490. The second-order valence-corrected chi connectivity index (χ2v) is 6.56. The van der Waals surface area contributed by atoms with Gasteiger partial charge < -0.3 is 10.4 Å². The maximum absolute atomic E-state index is 11.9. The van der Waals surface area contributed by atoms with Gasteiger partial charge in [-0.05, 0) is 18.6 Å². The lowest BCUT2D eigenvalue weighted by Gasteiger charge is -2.07. The van der Waals surface area contributed by atoms with Crippen molar-refractivity contribution in [3.05, 3.63) is 30.3 Å². The average Bonchev–Trinajstić information content (AvgIpc) is 3.25. The molecular weight excluding hydrogens is 296 g/mol. The molecule has 2 unspecified atom stereocenters. The van der Waals surface area contributed by atoms with Crippen molar-refractivity contribution >= 4 is 21.9 Å². The van der Waals surface area contributed by atoms with Crippen LogP contribution in [-0.2, 0) is 19.6 Å². The summed E-state index contributed by atoms with van der Waals surface area (Å²) in [6.45, 7) is 0.168. The topological polar surface area (TPSA) is 113 Å². The molecule has 1 fully saturated rings. The van der Waals surface area contributed by atoms with Gasteiger partial charge in [0, 0.05) is 13.1 Å². The van der Waals surface area contributed by atoms with Gasteiger partial charge in [0.25, 0.3) is 0 Å². The fraction of sp³-hybridized carbons (Fsp3) is 0.385. The lowest BCUT2D eigenvalue weighted by Crippen LogP contribution is -2.35. The summed E-state index contributed by atoms with van der Waals surface area (Å²) in [6, 6.07) is 7.91. The van der Waals surface area contributed by atoms with E-state index in [2.05, 4.69) is 10.0 Å². The predicted octanol–water partition coefficient (Wildman–Crippen LogP) is -0.198. The van der Waals surface area contributed by atoms with Gasteiger partial charge in [0.15, 0.2) is 0 Å². The Balaban J connectivity index is 1.73. The van der Waals surface area contributed by atoms with Crippen molar-refractivity contribution in [3.8, 4) is 0 Å². The van der Waals surface area contributed by atoms with E-state index >= 15 is 0 Å². The van der Waals surface area contributed by atoms with Crippen molar-refractivity contribution < 1.29 is 23.1 Å². The van der Waals surface area contributed by atoms with Crippen molar-refractivity contribution in [2.45, 2.75) is 11.3 Å². The first kappa shape index (κ1) is 15.5. The molecule has 7 nitrogen and oxygen atoms in total. The third-order valence-corrected chi connectivity index (χ3v) is 4.69. The van der Waals surface area contributed by atoms with Crippen LogP contribution in [0.1, 0.15) is 6.42 Å².